The topological polar surface area (TPSA) is 91.2 Å². The average Bonchev–Trinajstić information content (AvgIpc) is 3.54. The van der Waals surface area contributed by atoms with Gasteiger partial charge in [0.05, 0.1) is 12.8 Å². The molecule has 2 aromatic rings. The number of unbranched alkanes of at least 4 members (excludes halogenated alkanes) is 1. The van der Waals surface area contributed by atoms with Crippen molar-refractivity contribution in [2.75, 3.05) is 13.1 Å². The summed E-state index contributed by atoms with van der Waals surface area (Å²) < 4.78 is 5.24. The van der Waals surface area contributed by atoms with Crippen molar-refractivity contribution in [1.29, 1.82) is 0 Å². The molecular weight excluding hydrogens is 404 g/mol. The Balaban J connectivity index is 1.22. The molecule has 0 unspecified atom stereocenters. The molecular formula is C25H36N4O3. The second-order valence-corrected chi connectivity index (χ2v) is 9.43. The predicted molar refractivity (Wildman–Crippen MR) is 122 cm³/mol. The van der Waals surface area contributed by atoms with Crippen molar-refractivity contribution in [1.82, 2.24) is 20.4 Å². The Hall–Kier alpha value is -2.57. The highest BCUT2D eigenvalue weighted by Crippen LogP contribution is 2.34. The number of amides is 2. The summed E-state index contributed by atoms with van der Waals surface area (Å²) in [6, 6.07) is 5.46. The van der Waals surface area contributed by atoms with Crippen LogP contribution in [0.15, 0.2) is 28.9 Å². The molecule has 0 aromatic carbocycles. The van der Waals surface area contributed by atoms with Gasteiger partial charge < -0.3 is 14.6 Å². The average molecular weight is 441 g/mol. The number of carbonyl (C=O) groups is 2. The molecule has 1 saturated heterocycles. The molecule has 0 radical (unpaired) electrons. The van der Waals surface area contributed by atoms with E-state index >= 15 is 0 Å². The highest BCUT2D eigenvalue weighted by atomic mass is 16.3. The number of piperidine rings is 1. The lowest BCUT2D eigenvalue weighted by molar-refractivity contribution is -0.138. The van der Waals surface area contributed by atoms with Crippen LogP contribution in [0.25, 0.3) is 0 Å². The monoisotopic (exact) mass is 440 g/mol. The van der Waals surface area contributed by atoms with E-state index in [4.69, 9.17) is 4.42 Å². The van der Waals surface area contributed by atoms with Crippen LogP contribution in [0.5, 0.6) is 0 Å². The summed E-state index contributed by atoms with van der Waals surface area (Å²) >= 11 is 0. The lowest BCUT2D eigenvalue weighted by Crippen LogP contribution is -2.42. The number of likely N-dealkylation sites (tertiary alicyclic amines) is 1. The van der Waals surface area contributed by atoms with Gasteiger partial charge in [0, 0.05) is 30.6 Å². The summed E-state index contributed by atoms with van der Waals surface area (Å²) in [6.07, 6.45) is 11.9. The lowest BCUT2D eigenvalue weighted by atomic mass is 9.79. The van der Waals surface area contributed by atoms with Crippen molar-refractivity contribution in [3.63, 3.8) is 0 Å². The van der Waals surface area contributed by atoms with Crippen LogP contribution in [0.1, 0.15) is 92.6 Å². The van der Waals surface area contributed by atoms with Crippen LogP contribution in [0.2, 0.25) is 0 Å². The Morgan fingerprint density at radius 1 is 1.19 bits per heavy atom. The highest BCUT2D eigenvalue weighted by Gasteiger charge is 2.32. The molecule has 2 amide bonds. The fourth-order valence-corrected chi connectivity index (χ4v) is 5.19. The quantitative estimate of drug-likeness (QED) is 0.626. The minimum absolute atomic E-state index is 0.217. The minimum Gasteiger partial charge on any atom is -0.467 e. The maximum atomic E-state index is 13.0. The largest absolute Gasteiger partial charge is 0.467 e. The van der Waals surface area contributed by atoms with Crippen molar-refractivity contribution in [3.8, 4) is 0 Å². The molecule has 7 nitrogen and oxygen atoms in total. The fraction of sp³-hybridized carbons (Fsp3) is 0.640. The van der Waals surface area contributed by atoms with Crippen LogP contribution in [0, 0.1) is 11.8 Å². The van der Waals surface area contributed by atoms with E-state index in [9.17, 15) is 9.59 Å². The Bertz CT molecular complexity index is 860. The normalized spacial score (nSPS) is 22.1. The summed E-state index contributed by atoms with van der Waals surface area (Å²) in [7, 11) is 0. The van der Waals surface area contributed by atoms with E-state index < -0.39 is 0 Å². The highest BCUT2D eigenvalue weighted by molar-refractivity contribution is 5.92. The van der Waals surface area contributed by atoms with Crippen LogP contribution in [0.3, 0.4) is 0 Å². The number of aromatic amines is 1. The van der Waals surface area contributed by atoms with Gasteiger partial charge >= 0.3 is 0 Å². The third-order valence-corrected chi connectivity index (χ3v) is 7.24. The maximum absolute atomic E-state index is 13.0. The van der Waals surface area contributed by atoms with Gasteiger partial charge in [-0.15, -0.1) is 0 Å². The maximum Gasteiger partial charge on any atom is 0.272 e. The Kier molecular flexibility index (Phi) is 7.66. The molecule has 0 bridgehead atoms. The molecule has 0 spiro atoms. The zero-order valence-corrected chi connectivity index (χ0v) is 19.1. The number of aromatic nitrogens is 2. The van der Waals surface area contributed by atoms with Gasteiger partial charge in [0.2, 0.25) is 5.91 Å². The van der Waals surface area contributed by atoms with E-state index in [0.29, 0.717) is 29.8 Å². The molecule has 1 aliphatic carbocycles. The predicted octanol–water partition coefficient (Wildman–Crippen LogP) is 4.64. The van der Waals surface area contributed by atoms with E-state index in [-0.39, 0.29) is 11.8 Å². The number of nitrogens with one attached hydrogen (secondary N) is 2. The Morgan fingerprint density at radius 3 is 2.66 bits per heavy atom. The van der Waals surface area contributed by atoms with E-state index in [0.717, 1.165) is 50.4 Å². The fourth-order valence-electron chi connectivity index (χ4n) is 5.19. The van der Waals surface area contributed by atoms with Crippen LogP contribution < -0.4 is 5.32 Å². The number of hydrogen-bond acceptors (Lipinski definition) is 4. The summed E-state index contributed by atoms with van der Waals surface area (Å²) in [5, 5.41) is 10.1. The molecule has 2 fully saturated rings. The molecule has 4 rings (SSSR count). The van der Waals surface area contributed by atoms with Crippen molar-refractivity contribution in [2.45, 2.75) is 77.2 Å². The number of H-pyrrole nitrogens is 1. The van der Waals surface area contributed by atoms with Crippen molar-refractivity contribution >= 4 is 11.8 Å². The van der Waals surface area contributed by atoms with E-state index in [1.807, 2.05) is 12.1 Å². The molecule has 7 heteroatoms. The number of carbonyl (C=O) groups excluding carboxylic acids is 2. The third kappa shape index (κ3) is 5.61. The smallest absolute Gasteiger partial charge is 0.272 e. The summed E-state index contributed by atoms with van der Waals surface area (Å²) in [5.41, 5.74) is 1.38. The number of hydrogen-bond donors (Lipinski definition) is 2. The number of rotatable bonds is 8. The van der Waals surface area contributed by atoms with Gasteiger partial charge in [-0.3, -0.25) is 14.7 Å². The minimum atomic E-state index is -0.217. The van der Waals surface area contributed by atoms with Gasteiger partial charge in [0.1, 0.15) is 11.5 Å². The molecule has 174 valence electrons. The van der Waals surface area contributed by atoms with Gasteiger partial charge in [-0.05, 0) is 62.6 Å². The first-order valence-corrected chi connectivity index (χ1v) is 12.3. The molecule has 3 heterocycles. The van der Waals surface area contributed by atoms with E-state index in [1.165, 1.54) is 32.1 Å². The van der Waals surface area contributed by atoms with Gasteiger partial charge in [-0.2, -0.15) is 5.10 Å². The van der Waals surface area contributed by atoms with E-state index in [1.54, 1.807) is 12.3 Å². The lowest BCUT2D eigenvalue weighted by Gasteiger charge is -2.36. The van der Waals surface area contributed by atoms with E-state index in [2.05, 4.69) is 27.3 Å². The van der Waals surface area contributed by atoms with Gasteiger partial charge in [0.15, 0.2) is 0 Å². The van der Waals surface area contributed by atoms with Gasteiger partial charge in [0.25, 0.3) is 5.91 Å². The molecule has 2 N–H and O–H groups in total. The van der Waals surface area contributed by atoms with Crippen molar-refractivity contribution < 1.29 is 14.0 Å². The molecule has 0 atom stereocenters. The zero-order chi connectivity index (χ0) is 22.3. The number of furan rings is 1. The first-order chi connectivity index (χ1) is 15.6. The number of nitrogens with zero attached hydrogens (tertiary/aromatic N) is 2. The molecule has 1 saturated carbocycles. The first kappa shape index (κ1) is 22.6. The van der Waals surface area contributed by atoms with Crippen LogP contribution in [-0.4, -0.2) is 40.0 Å². The van der Waals surface area contributed by atoms with Crippen LogP contribution in [0.4, 0.5) is 0 Å². The van der Waals surface area contributed by atoms with Crippen molar-refractivity contribution in [3.05, 3.63) is 41.6 Å². The molecule has 2 aliphatic rings. The standard InChI is InChI=1S/C25H36N4O3/c1-2-3-5-18-7-9-20(10-8-18)25(31)29-13-11-19(12-14-29)22-16-23(28-27-22)24(30)26-17-21-6-4-15-32-21/h4,6,15-16,18-20H,2-3,5,7-14,17H2,1H3,(H,26,30)(H,27,28). The van der Waals surface area contributed by atoms with Crippen LogP contribution in [-0.2, 0) is 11.3 Å². The Labute approximate surface area is 190 Å². The SMILES string of the molecule is CCCCC1CCC(C(=O)N2CCC(c3cc(C(=O)NCc4ccco4)n[nH]3)CC2)CC1. The zero-order valence-electron chi connectivity index (χ0n) is 19.1. The third-order valence-electron chi connectivity index (χ3n) is 7.24. The second-order valence-electron chi connectivity index (χ2n) is 9.43. The van der Waals surface area contributed by atoms with Gasteiger partial charge in [-0.25, -0.2) is 0 Å². The molecule has 2 aromatic heterocycles. The summed E-state index contributed by atoms with van der Waals surface area (Å²) in [6.45, 7) is 4.17. The van der Waals surface area contributed by atoms with Crippen molar-refractivity contribution in [2.24, 2.45) is 11.8 Å². The first-order valence-electron chi connectivity index (χ1n) is 12.3. The summed E-state index contributed by atoms with van der Waals surface area (Å²) in [5.74, 6) is 2.21. The Morgan fingerprint density at radius 2 is 1.97 bits per heavy atom. The molecule has 1 aliphatic heterocycles. The van der Waals surface area contributed by atoms with Gasteiger partial charge in [-0.1, -0.05) is 26.2 Å². The molecule has 32 heavy (non-hydrogen) atoms. The van der Waals surface area contributed by atoms with Crippen LogP contribution >= 0.6 is 0 Å². The summed E-state index contributed by atoms with van der Waals surface area (Å²) in [4.78, 5) is 27.4. The second kappa shape index (κ2) is 10.8.